The Bertz CT molecular complexity index is 926. The van der Waals surface area contributed by atoms with E-state index in [4.69, 9.17) is 5.73 Å². The number of anilines is 2. The molecule has 2 aliphatic rings. The number of unbranched alkanes of at least 4 members (excludes halogenated alkanes) is 1. The summed E-state index contributed by atoms with van der Waals surface area (Å²) in [6, 6.07) is -0.637. The number of thioether (sulfide) groups is 1. The number of amides is 2. The van der Waals surface area contributed by atoms with Gasteiger partial charge in [-0.2, -0.15) is 0 Å². The normalized spacial score (nSPS) is 23.5. The van der Waals surface area contributed by atoms with Crippen LogP contribution in [0.4, 0.5) is 11.5 Å². The molecule has 1 aromatic rings. The first-order chi connectivity index (χ1) is 13.7. The first kappa shape index (κ1) is 21.5. The lowest BCUT2D eigenvalue weighted by atomic mass is 10.1. The summed E-state index contributed by atoms with van der Waals surface area (Å²) in [5.74, 6) is 0.120. The van der Waals surface area contributed by atoms with Gasteiger partial charge in [-0.05, 0) is 26.2 Å². The van der Waals surface area contributed by atoms with E-state index in [-0.39, 0.29) is 28.2 Å². The highest BCUT2D eigenvalue weighted by atomic mass is 32.2. The zero-order chi connectivity index (χ0) is 21.3. The van der Waals surface area contributed by atoms with Gasteiger partial charge in [-0.15, -0.1) is 11.8 Å². The number of aromatic nitrogens is 2. The molecule has 0 aromatic carbocycles. The number of nitrogens with two attached hydrogens (primary N) is 1. The number of nitrogens with one attached hydrogen (secondary N) is 1. The van der Waals surface area contributed by atoms with Crippen LogP contribution in [0, 0.1) is 0 Å². The van der Waals surface area contributed by atoms with Crippen molar-refractivity contribution in [3.63, 3.8) is 0 Å². The van der Waals surface area contributed by atoms with Crippen molar-refractivity contribution in [1.82, 2.24) is 14.5 Å². The summed E-state index contributed by atoms with van der Waals surface area (Å²) in [4.78, 5) is 55.8. The van der Waals surface area contributed by atoms with E-state index in [1.807, 2.05) is 20.8 Å². The number of rotatable bonds is 7. The van der Waals surface area contributed by atoms with Gasteiger partial charge in [0.1, 0.15) is 11.9 Å². The van der Waals surface area contributed by atoms with Gasteiger partial charge in [0.25, 0.3) is 11.5 Å². The number of hydrogen-bond acceptors (Lipinski definition) is 6. The summed E-state index contributed by atoms with van der Waals surface area (Å²) < 4.78 is 1.29. The zero-order valence-corrected chi connectivity index (χ0v) is 18.0. The maximum atomic E-state index is 13.6. The third kappa shape index (κ3) is 3.70. The SMILES string of the molecule is CCCCN(C(=O)[C@H]1CS[C@]2(C)CCC(=O)N12)c1c(N)n(CCC)c(=O)[nH]c1=O. The standard InChI is InChI=1S/C19H29N5O4S/c1-4-6-10-22(14-15(20)23(9-5-2)18(28)21-16(14)26)17(27)12-11-29-19(3)8-7-13(25)24(12)19/h12H,4-11,20H2,1-3H3,(H,21,26,28)/t12-,19-/m1/s1. The minimum absolute atomic E-state index is 0.00162. The van der Waals surface area contributed by atoms with Crippen LogP contribution in [0.1, 0.15) is 52.9 Å². The Balaban J connectivity index is 2.05. The lowest BCUT2D eigenvalue weighted by molar-refractivity contribution is -0.136. The Labute approximate surface area is 173 Å². The average molecular weight is 424 g/mol. The largest absolute Gasteiger partial charge is 0.383 e. The maximum absolute atomic E-state index is 13.6. The average Bonchev–Trinajstić information content (AvgIpc) is 3.16. The topological polar surface area (TPSA) is 121 Å². The van der Waals surface area contributed by atoms with Crippen LogP contribution in [-0.4, -0.2) is 49.5 Å². The Morgan fingerprint density at radius 1 is 1.31 bits per heavy atom. The fourth-order valence-electron chi connectivity index (χ4n) is 4.12. The van der Waals surface area contributed by atoms with E-state index in [9.17, 15) is 19.2 Å². The minimum Gasteiger partial charge on any atom is -0.383 e. The summed E-state index contributed by atoms with van der Waals surface area (Å²) in [5, 5.41) is 0. The highest BCUT2D eigenvalue weighted by molar-refractivity contribution is 8.01. The Morgan fingerprint density at radius 3 is 2.69 bits per heavy atom. The van der Waals surface area contributed by atoms with Gasteiger partial charge in [0.2, 0.25) is 5.91 Å². The number of nitrogen functional groups attached to an aromatic ring is 1. The first-order valence-electron chi connectivity index (χ1n) is 10.1. The second-order valence-corrected chi connectivity index (χ2v) is 9.26. The van der Waals surface area contributed by atoms with Crippen molar-refractivity contribution < 1.29 is 9.59 Å². The van der Waals surface area contributed by atoms with Gasteiger partial charge in [0.15, 0.2) is 5.69 Å². The van der Waals surface area contributed by atoms with E-state index in [0.717, 1.165) is 6.42 Å². The van der Waals surface area contributed by atoms with E-state index in [0.29, 0.717) is 44.5 Å². The molecule has 2 saturated heterocycles. The number of aromatic amines is 1. The lowest BCUT2D eigenvalue weighted by Gasteiger charge is -2.33. The number of hydrogen-bond donors (Lipinski definition) is 2. The summed E-state index contributed by atoms with van der Waals surface area (Å²) >= 11 is 1.60. The lowest BCUT2D eigenvalue weighted by Crippen LogP contribution is -2.53. The molecule has 3 rings (SSSR count). The highest BCUT2D eigenvalue weighted by Gasteiger charge is 2.53. The molecule has 2 fully saturated rings. The smallest absolute Gasteiger partial charge is 0.330 e. The van der Waals surface area contributed by atoms with E-state index in [2.05, 4.69) is 4.98 Å². The molecule has 0 aliphatic carbocycles. The van der Waals surface area contributed by atoms with E-state index < -0.39 is 17.3 Å². The molecule has 0 bridgehead atoms. The molecule has 0 radical (unpaired) electrons. The van der Waals surface area contributed by atoms with Crippen molar-refractivity contribution in [2.75, 3.05) is 22.9 Å². The van der Waals surface area contributed by atoms with Gasteiger partial charge >= 0.3 is 5.69 Å². The third-order valence-corrected chi connectivity index (χ3v) is 7.17. The Hall–Kier alpha value is -2.23. The molecule has 2 aliphatic heterocycles. The zero-order valence-electron chi connectivity index (χ0n) is 17.2. The molecule has 29 heavy (non-hydrogen) atoms. The molecule has 9 nitrogen and oxygen atoms in total. The molecule has 3 N–H and O–H groups in total. The highest BCUT2D eigenvalue weighted by Crippen LogP contribution is 2.47. The second-order valence-electron chi connectivity index (χ2n) is 7.75. The predicted molar refractivity (Wildman–Crippen MR) is 114 cm³/mol. The first-order valence-corrected chi connectivity index (χ1v) is 11.1. The van der Waals surface area contributed by atoms with E-state index in [1.54, 1.807) is 16.7 Å². The molecule has 2 atom stereocenters. The summed E-state index contributed by atoms with van der Waals surface area (Å²) in [7, 11) is 0. The van der Waals surface area contributed by atoms with Crippen molar-refractivity contribution in [2.24, 2.45) is 0 Å². The number of carbonyl (C=O) groups is 2. The van der Waals surface area contributed by atoms with Crippen molar-refractivity contribution in [3.8, 4) is 0 Å². The van der Waals surface area contributed by atoms with E-state index >= 15 is 0 Å². The van der Waals surface area contributed by atoms with Crippen molar-refractivity contribution in [2.45, 2.75) is 70.3 Å². The van der Waals surface area contributed by atoms with Crippen LogP contribution in [-0.2, 0) is 16.1 Å². The van der Waals surface area contributed by atoms with Gasteiger partial charge in [-0.25, -0.2) is 4.79 Å². The fraction of sp³-hybridized carbons (Fsp3) is 0.684. The number of nitrogens with zero attached hydrogens (tertiary/aromatic N) is 3. The molecule has 1 aromatic heterocycles. The molecule has 0 unspecified atom stereocenters. The van der Waals surface area contributed by atoms with Crippen molar-refractivity contribution in [3.05, 3.63) is 20.8 Å². The summed E-state index contributed by atoms with van der Waals surface area (Å²) in [6.07, 6.45) is 3.27. The van der Waals surface area contributed by atoms with Crippen LogP contribution in [0.15, 0.2) is 9.59 Å². The van der Waals surface area contributed by atoms with Gasteiger partial charge in [0, 0.05) is 25.3 Å². The second kappa shape index (κ2) is 8.25. The summed E-state index contributed by atoms with van der Waals surface area (Å²) in [5.41, 5.74) is 4.95. The molecule has 0 saturated carbocycles. The number of carbonyl (C=O) groups excluding carboxylic acids is 2. The van der Waals surface area contributed by atoms with Crippen molar-refractivity contribution in [1.29, 1.82) is 0 Å². The molecule has 3 heterocycles. The Kier molecular flexibility index (Phi) is 6.11. The van der Waals surface area contributed by atoms with E-state index in [1.165, 1.54) is 9.47 Å². The van der Waals surface area contributed by atoms with Crippen LogP contribution in [0.3, 0.4) is 0 Å². The quantitative estimate of drug-likeness (QED) is 0.678. The maximum Gasteiger partial charge on any atom is 0.330 e. The third-order valence-electron chi connectivity index (χ3n) is 5.66. The van der Waals surface area contributed by atoms with Crippen LogP contribution < -0.4 is 21.9 Å². The van der Waals surface area contributed by atoms with Crippen molar-refractivity contribution >= 4 is 35.1 Å². The molecule has 10 heteroatoms. The summed E-state index contributed by atoms with van der Waals surface area (Å²) in [6.45, 7) is 6.50. The van der Waals surface area contributed by atoms with Crippen LogP contribution >= 0.6 is 11.8 Å². The van der Waals surface area contributed by atoms with Gasteiger partial charge in [0.05, 0.1) is 4.87 Å². The molecule has 160 valence electrons. The number of fused-ring (bicyclic) bond motifs is 1. The number of H-pyrrole nitrogens is 1. The molecular formula is C19H29N5O4S. The van der Waals surface area contributed by atoms with Crippen LogP contribution in [0.2, 0.25) is 0 Å². The minimum atomic E-state index is -0.675. The van der Waals surface area contributed by atoms with Gasteiger partial charge < -0.3 is 15.5 Å². The molecular weight excluding hydrogens is 394 g/mol. The van der Waals surface area contributed by atoms with Gasteiger partial charge in [-0.3, -0.25) is 23.9 Å². The predicted octanol–water partition coefficient (Wildman–Crippen LogP) is 1.12. The van der Waals surface area contributed by atoms with Crippen LogP contribution in [0.5, 0.6) is 0 Å². The fourth-order valence-corrected chi connectivity index (χ4v) is 5.54. The van der Waals surface area contributed by atoms with Crippen LogP contribution in [0.25, 0.3) is 0 Å². The van der Waals surface area contributed by atoms with Gasteiger partial charge in [-0.1, -0.05) is 20.3 Å². The Morgan fingerprint density at radius 2 is 2.03 bits per heavy atom. The molecule has 0 spiro atoms. The monoisotopic (exact) mass is 423 g/mol. The molecule has 2 amide bonds.